The molecule has 2 aromatic heterocycles. The maximum absolute atomic E-state index is 13.0. The summed E-state index contributed by atoms with van der Waals surface area (Å²) in [6.07, 6.45) is 6.60. The van der Waals surface area contributed by atoms with Gasteiger partial charge in [-0.2, -0.15) is 0 Å². The van der Waals surface area contributed by atoms with Gasteiger partial charge in [0.25, 0.3) is 11.8 Å². The molecule has 2 fully saturated rings. The number of carbonyl (C=O) groups excluding carboxylic acids is 3. The summed E-state index contributed by atoms with van der Waals surface area (Å²) in [5, 5.41) is 3.88. The highest BCUT2D eigenvalue weighted by Gasteiger charge is 2.54. The van der Waals surface area contributed by atoms with Crippen LogP contribution in [0.1, 0.15) is 52.7 Å². The Morgan fingerprint density at radius 3 is 2.76 bits per heavy atom. The van der Waals surface area contributed by atoms with E-state index in [0.717, 1.165) is 43.3 Å². The molecule has 0 bridgehead atoms. The minimum Gasteiger partial charge on any atom is -0.449 e. The van der Waals surface area contributed by atoms with Gasteiger partial charge >= 0.3 is 0 Å². The van der Waals surface area contributed by atoms with E-state index >= 15 is 0 Å². The number of nitrogens with zero attached hydrogens (tertiary/aromatic N) is 2. The lowest BCUT2D eigenvalue weighted by Gasteiger charge is -2.33. The number of piperidine rings is 1. The lowest BCUT2D eigenvalue weighted by molar-refractivity contribution is -0.116. The molecule has 3 aromatic rings. The third-order valence-electron chi connectivity index (χ3n) is 7.09. The largest absolute Gasteiger partial charge is 0.449 e. The van der Waals surface area contributed by atoms with E-state index in [4.69, 9.17) is 4.42 Å². The van der Waals surface area contributed by atoms with E-state index in [2.05, 4.69) is 10.3 Å². The van der Waals surface area contributed by atoms with Crippen molar-refractivity contribution >= 4 is 28.6 Å². The van der Waals surface area contributed by atoms with Crippen LogP contribution in [0.5, 0.6) is 0 Å². The SMILES string of the molecule is CC(=O)Cc1cccc(C(=O)N2CCC3(CC2)CC3CNC(=O)c2cc3ccncc3o2)c1. The van der Waals surface area contributed by atoms with Crippen LogP contribution in [0.4, 0.5) is 0 Å². The normalized spacial score (nSPS) is 18.9. The smallest absolute Gasteiger partial charge is 0.287 e. The van der Waals surface area contributed by atoms with Gasteiger partial charge in [-0.3, -0.25) is 19.4 Å². The summed E-state index contributed by atoms with van der Waals surface area (Å²) < 4.78 is 5.59. The Morgan fingerprint density at radius 2 is 2.00 bits per heavy atom. The molecule has 2 aliphatic rings. The molecule has 1 saturated carbocycles. The molecular weight excluding hydrogens is 418 g/mol. The van der Waals surface area contributed by atoms with Crippen molar-refractivity contribution in [3.63, 3.8) is 0 Å². The molecule has 1 atom stereocenters. The Bertz CT molecular complexity index is 1190. The number of amides is 2. The van der Waals surface area contributed by atoms with E-state index in [1.165, 1.54) is 0 Å². The second-order valence-electron chi connectivity index (χ2n) is 9.37. The fourth-order valence-electron chi connectivity index (χ4n) is 5.07. The molecule has 1 N–H and O–H groups in total. The number of carbonyl (C=O) groups is 3. The van der Waals surface area contributed by atoms with Gasteiger partial charge in [-0.1, -0.05) is 12.1 Å². The molecule has 3 heterocycles. The number of aromatic nitrogens is 1. The van der Waals surface area contributed by atoms with Crippen LogP contribution in [0.15, 0.2) is 53.2 Å². The number of nitrogens with one attached hydrogen (secondary N) is 1. The first kappa shape index (κ1) is 21.4. The van der Waals surface area contributed by atoms with E-state index in [0.29, 0.717) is 35.8 Å². The molecule has 0 radical (unpaired) electrons. The number of hydrogen-bond acceptors (Lipinski definition) is 5. The van der Waals surface area contributed by atoms with Gasteiger partial charge in [-0.25, -0.2) is 0 Å². The Labute approximate surface area is 192 Å². The van der Waals surface area contributed by atoms with Gasteiger partial charge in [0.05, 0.1) is 6.20 Å². The number of Topliss-reactive ketones (excluding diaryl/α,β-unsaturated/α-hetero) is 1. The number of furan rings is 1. The fourth-order valence-corrected chi connectivity index (χ4v) is 5.07. The number of fused-ring (bicyclic) bond motifs is 1. The summed E-state index contributed by atoms with van der Waals surface area (Å²) in [6, 6.07) is 10.9. The molecule has 5 rings (SSSR count). The number of hydrogen-bond donors (Lipinski definition) is 1. The zero-order valence-electron chi connectivity index (χ0n) is 18.7. The number of likely N-dealkylation sites (tertiary alicyclic amines) is 1. The molecule has 2 amide bonds. The van der Waals surface area contributed by atoms with Crippen molar-refractivity contribution < 1.29 is 18.8 Å². The van der Waals surface area contributed by atoms with E-state index < -0.39 is 0 Å². The van der Waals surface area contributed by atoms with Crippen molar-refractivity contribution in [3.05, 3.63) is 65.7 Å². The molecule has 1 spiro atoms. The molecule has 33 heavy (non-hydrogen) atoms. The Balaban J connectivity index is 1.13. The van der Waals surface area contributed by atoms with Crippen molar-refractivity contribution in [2.45, 2.75) is 32.6 Å². The highest BCUT2D eigenvalue weighted by atomic mass is 16.3. The highest BCUT2D eigenvalue weighted by Crippen LogP contribution is 2.59. The minimum absolute atomic E-state index is 0.0279. The third-order valence-corrected chi connectivity index (χ3v) is 7.09. The van der Waals surface area contributed by atoms with E-state index in [1.54, 1.807) is 25.4 Å². The van der Waals surface area contributed by atoms with Crippen molar-refractivity contribution in [1.29, 1.82) is 0 Å². The molecule has 1 unspecified atom stereocenters. The maximum Gasteiger partial charge on any atom is 0.287 e. The van der Waals surface area contributed by atoms with Crippen molar-refractivity contribution in [1.82, 2.24) is 15.2 Å². The van der Waals surface area contributed by atoms with Crippen LogP contribution < -0.4 is 5.32 Å². The van der Waals surface area contributed by atoms with Gasteiger partial charge in [0.2, 0.25) is 0 Å². The Morgan fingerprint density at radius 1 is 1.18 bits per heavy atom. The van der Waals surface area contributed by atoms with Gasteiger partial charge in [-0.15, -0.1) is 0 Å². The summed E-state index contributed by atoms with van der Waals surface area (Å²) in [5.41, 5.74) is 2.35. The number of benzene rings is 1. The molecule has 1 aliphatic carbocycles. The Hall–Kier alpha value is -3.48. The van der Waals surface area contributed by atoms with Crippen LogP contribution in [0.25, 0.3) is 11.0 Å². The molecule has 1 saturated heterocycles. The minimum atomic E-state index is -0.202. The topological polar surface area (TPSA) is 92.5 Å². The van der Waals surface area contributed by atoms with E-state index in [-0.39, 0.29) is 23.0 Å². The first-order chi connectivity index (χ1) is 15.9. The van der Waals surface area contributed by atoms with Gasteiger partial charge in [0, 0.05) is 43.2 Å². The average molecular weight is 446 g/mol. The van der Waals surface area contributed by atoms with Crippen LogP contribution in [0.2, 0.25) is 0 Å². The number of ketones is 1. The molecule has 170 valence electrons. The zero-order valence-corrected chi connectivity index (χ0v) is 18.7. The predicted molar refractivity (Wildman–Crippen MR) is 123 cm³/mol. The van der Waals surface area contributed by atoms with E-state index in [1.807, 2.05) is 35.2 Å². The summed E-state index contributed by atoms with van der Waals surface area (Å²) >= 11 is 0. The fraction of sp³-hybridized carbons (Fsp3) is 0.385. The van der Waals surface area contributed by atoms with Crippen LogP contribution in [-0.2, 0) is 11.2 Å². The van der Waals surface area contributed by atoms with Gasteiger partial charge in [-0.05, 0) is 67.3 Å². The molecule has 7 nitrogen and oxygen atoms in total. The zero-order chi connectivity index (χ0) is 23.0. The molecular formula is C26H27N3O4. The third kappa shape index (κ3) is 4.40. The molecule has 1 aliphatic heterocycles. The standard InChI is InChI=1S/C26H27N3O4/c1-17(30)11-18-3-2-4-20(12-18)25(32)29-9-6-26(7-10-29)14-21(26)15-28-24(31)22-13-19-5-8-27-16-23(19)33-22/h2-5,8,12-13,16,21H,6-7,9-11,14-15H2,1H3,(H,28,31). The van der Waals surface area contributed by atoms with Gasteiger partial charge in [0.1, 0.15) is 5.78 Å². The van der Waals surface area contributed by atoms with E-state index in [9.17, 15) is 14.4 Å². The van der Waals surface area contributed by atoms with Crippen molar-refractivity contribution in [2.75, 3.05) is 19.6 Å². The van der Waals surface area contributed by atoms with Crippen molar-refractivity contribution in [2.24, 2.45) is 11.3 Å². The second-order valence-corrected chi connectivity index (χ2v) is 9.37. The summed E-state index contributed by atoms with van der Waals surface area (Å²) in [6.45, 7) is 3.62. The second kappa shape index (κ2) is 8.46. The van der Waals surface area contributed by atoms with Crippen LogP contribution in [0, 0.1) is 11.3 Å². The van der Waals surface area contributed by atoms with Crippen molar-refractivity contribution in [3.8, 4) is 0 Å². The average Bonchev–Trinajstić information content (AvgIpc) is 3.28. The molecule has 1 aromatic carbocycles. The van der Waals surface area contributed by atoms with Crippen LogP contribution >= 0.6 is 0 Å². The molecule has 7 heteroatoms. The summed E-state index contributed by atoms with van der Waals surface area (Å²) in [5.74, 6) is 0.652. The summed E-state index contributed by atoms with van der Waals surface area (Å²) in [7, 11) is 0. The quantitative estimate of drug-likeness (QED) is 0.626. The Kier molecular flexibility index (Phi) is 5.48. The van der Waals surface area contributed by atoms with Gasteiger partial charge < -0.3 is 14.6 Å². The predicted octanol–water partition coefficient (Wildman–Crippen LogP) is 3.63. The first-order valence-electron chi connectivity index (χ1n) is 11.4. The highest BCUT2D eigenvalue weighted by molar-refractivity contribution is 5.96. The maximum atomic E-state index is 13.0. The summed E-state index contributed by atoms with van der Waals surface area (Å²) in [4.78, 5) is 42.8. The first-order valence-corrected chi connectivity index (χ1v) is 11.4. The lowest BCUT2D eigenvalue weighted by atomic mass is 9.90. The number of pyridine rings is 1. The van der Waals surface area contributed by atoms with Crippen LogP contribution in [0.3, 0.4) is 0 Å². The number of rotatable bonds is 6. The lowest BCUT2D eigenvalue weighted by Crippen LogP contribution is -2.40. The van der Waals surface area contributed by atoms with Gasteiger partial charge in [0.15, 0.2) is 11.3 Å². The van der Waals surface area contributed by atoms with Crippen LogP contribution in [-0.4, -0.2) is 47.1 Å². The monoisotopic (exact) mass is 445 g/mol.